The molecule has 0 aliphatic carbocycles. The SMILES string of the molecule is CCN1CC[C@@H]2[C@@H](C1)c1ccccc1N2c1ccccc1.Cl. The predicted molar refractivity (Wildman–Crippen MR) is 95.5 cm³/mol. The smallest absolute Gasteiger partial charge is 0.0450 e. The summed E-state index contributed by atoms with van der Waals surface area (Å²) in [6, 6.07) is 20.5. The molecule has 2 atom stereocenters. The van der Waals surface area contributed by atoms with Crippen LogP contribution in [0.25, 0.3) is 0 Å². The molecule has 0 bridgehead atoms. The lowest BCUT2D eigenvalue weighted by Crippen LogP contribution is -2.44. The van der Waals surface area contributed by atoms with Crippen LogP contribution in [0.5, 0.6) is 0 Å². The van der Waals surface area contributed by atoms with Crippen LogP contribution in [-0.2, 0) is 0 Å². The van der Waals surface area contributed by atoms with Crippen molar-refractivity contribution < 1.29 is 0 Å². The van der Waals surface area contributed by atoms with Crippen molar-refractivity contribution in [2.75, 3.05) is 24.5 Å². The molecule has 1 saturated heterocycles. The molecule has 1 fully saturated rings. The summed E-state index contributed by atoms with van der Waals surface area (Å²) < 4.78 is 0. The molecule has 0 radical (unpaired) electrons. The van der Waals surface area contributed by atoms with E-state index < -0.39 is 0 Å². The van der Waals surface area contributed by atoms with E-state index in [1.165, 1.54) is 36.4 Å². The van der Waals surface area contributed by atoms with Crippen LogP contribution in [0, 0.1) is 0 Å². The Balaban J connectivity index is 0.00000144. The molecule has 0 aromatic heterocycles. The molecule has 116 valence electrons. The van der Waals surface area contributed by atoms with Gasteiger partial charge >= 0.3 is 0 Å². The summed E-state index contributed by atoms with van der Waals surface area (Å²) in [6.45, 7) is 5.85. The van der Waals surface area contributed by atoms with Crippen molar-refractivity contribution in [2.24, 2.45) is 0 Å². The van der Waals surface area contributed by atoms with E-state index in [9.17, 15) is 0 Å². The lowest BCUT2D eigenvalue weighted by Gasteiger charge is -2.38. The summed E-state index contributed by atoms with van der Waals surface area (Å²) >= 11 is 0. The highest BCUT2D eigenvalue weighted by atomic mass is 35.5. The molecule has 0 spiro atoms. The number of likely N-dealkylation sites (N-methyl/N-ethyl adjacent to an activating group) is 1. The number of likely N-dealkylation sites (tertiary alicyclic amines) is 1. The van der Waals surface area contributed by atoms with Gasteiger partial charge in [-0.25, -0.2) is 0 Å². The maximum Gasteiger partial charge on any atom is 0.0450 e. The Hall–Kier alpha value is -1.51. The number of nitrogens with zero attached hydrogens (tertiary/aromatic N) is 2. The minimum absolute atomic E-state index is 0. The molecule has 4 rings (SSSR count). The number of piperidine rings is 1. The molecule has 0 saturated carbocycles. The van der Waals surface area contributed by atoms with E-state index in [4.69, 9.17) is 0 Å². The molecule has 2 nitrogen and oxygen atoms in total. The van der Waals surface area contributed by atoms with Crippen molar-refractivity contribution >= 4 is 23.8 Å². The fourth-order valence-electron chi connectivity index (χ4n) is 4.03. The molecule has 2 heterocycles. The van der Waals surface area contributed by atoms with Crippen molar-refractivity contribution in [1.29, 1.82) is 0 Å². The maximum absolute atomic E-state index is 2.59. The van der Waals surface area contributed by atoms with Crippen molar-refractivity contribution in [3.63, 3.8) is 0 Å². The van der Waals surface area contributed by atoms with Crippen LogP contribution in [-0.4, -0.2) is 30.6 Å². The quantitative estimate of drug-likeness (QED) is 0.808. The normalized spacial score (nSPS) is 23.6. The second kappa shape index (κ2) is 6.31. The molecule has 0 amide bonds. The number of fused-ring (bicyclic) bond motifs is 3. The standard InChI is InChI=1S/C19H22N2.ClH/c1-2-20-13-12-19-17(14-20)16-10-6-7-11-18(16)21(19)15-8-4-3-5-9-15;/h3-11,17,19H,2,12-14H2,1H3;1H/t17-,19+;/m0./s1. The van der Waals surface area contributed by atoms with Crippen LogP contribution in [0.2, 0.25) is 0 Å². The first kappa shape index (κ1) is 15.4. The minimum Gasteiger partial charge on any atom is -0.337 e. The van der Waals surface area contributed by atoms with Crippen LogP contribution >= 0.6 is 12.4 Å². The van der Waals surface area contributed by atoms with Gasteiger partial charge in [0, 0.05) is 36.4 Å². The maximum atomic E-state index is 2.59. The van der Waals surface area contributed by atoms with Gasteiger partial charge in [0.25, 0.3) is 0 Å². The Labute approximate surface area is 139 Å². The Bertz CT molecular complexity index is 628. The molecule has 2 aromatic rings. The second-order valence-electron chi connectivity index (χ2n) is 6.12. The Morgan fingerprint density at radius 3 is 2.50 bits per heavy atom. The monoisotopic (exact) mass is 314 g/mol. The van der Waals surface area contributed by atoms with E-state index in [-0.39, 0.29) is 12.4 Å². The first-order valence-electron chi connectivity index (χ1n) is 8.04. The molecular weight excluding hydrogens is 292 g/mol. The number of para-hydroxylation sites is 2. The number of anilines is 2. The van der Waals surface area contributed by atoms with E-state index >= 15 is 0 Å². The summed E-state index contributed by atoms with van der Waals surface area (Å²) in [5.41, 5.74) is 4.28. The predicted octanol–water partition coefficient (Wildman–Crippen LogP) is 4.44. The number of hydrogen-bond donors (Lipinski definition) is 0. The first-order valence-corrected chi connectivity index (χ1v) is 8.04. The fourth-order valence-corrected chi connectivity index (χ4v) is 4.03. The van der Waals surface area contributed by atoms with Crippen molar-refractivity contribution in [3.8, 4) is 0 Å². The first-order chi connectivity index (χ1) is 10.4. The lowest BCUT2D eigenvalue weighted by atomic mass is 9.89. The highest BCUT2D eigenvalue weighted by Crippen LogP contribution is 2.47. The Morgan fingerprint density at radius 2 is 1.73 bits per heavy atom. The zero-order valence-corrected chi connectivity index (χ0v) is 13.8. The molecule has 2 aliphatic heterocycles. The summed E-state index contributed by atoms with van der Waals surface area (Å²) in [5.74, 6) is 0.648. The summed E-state index contributed by atoms with van der Waals surface area (Å²) in [7, 11) is 0. The van der Waals surface area contributed by atoms with Crippen LogP contribution < -0.4 is 4.90 Å². The summed E-state index contributed by atoms with van der Waals surface area (Å²) in [6.07, 6.45) is 1.25. The van der Waals surface area contributed by atoms with Gasteiger partial charge < -0.3 is 9.80 Å². The van der Waals surface area contributed by atoms with Gasteiger partial charge in [-0.1, -0.05) is 43.3 Å². The zero-order chi connectivity index (χ0) is 14.2. The van der Waals surface area contributed by atoms with E-state index in [0.717, 1.165) is 6.54 Å². The van der Waals surface area contributed by atoms with Gasteiger partial charge in [-0.15, -0.1) is 12.4 Å². The van der Waals surface area contributed by atoms with E-state index in [2.05, 4.69) is 71.3 Å². The van der Waals surface area contributed by atoms with Crippen molar-refractivity contribution in [1.82, 2.24) is 4.90 Å². The van der Waals surface area contributed by atoms with Crippen molar-refractivity contribution in [2.45, 2.75) is 25.3 Å². The molecular formula is C19H23ClN2. The van der Waals surface area contributed by atoms with Gasteiger partial charge in [0.05, 0.1) is 0 Å². The fraction of sp³-hybridized carbons (Fsp3) is 0.368. The van der Waals surface area contributed by atoms with E-state index in [0.29, 0.717) is 12.0 Å². The van der Waals surface area contributed by atoms with Gasteiger partial charge in [-0.05, 0) is 36.7 Å². The van der Waals surface area contributed by atoms with Crippen LogP contribution in [0.15, 0.2) is 54.6 Å². The second-order valence-corrected chi connectivity index (χ2v) is 6.12. The minimum atomic E-state index is 0. The molecule has 0 N–H and O–H groups in total. The lowest BCUT2D eigenvalue weighted by molar-refractivity contribution is 0.206. The van der Waals surface area contributed by atoms with E-state index in [1.54, 1.807) is 0 Å². The largest absolute Gasteiger partial charge is 0.337 e. The number of benzene rings is 2. The van der Waals surface area contributed by atoms with E-state index in [1.807, 2.05) is 0 Å². The van der Waals surface area contributed by atoms with Gasteiger partial charge in [0.15, 0.2) is 0 Å². The third kappa shape index (κ3) is 2.41. The number of hydrogen-bond acceptors (Lipinski definition) is 2. The van der Waals surface area contributed by atoms with Gasteiger partial charge in [-0.3, -0.25) is 0 Å². The number of rotatable bonds is 2. The number of halogens is 1. The topological polar surface area (TPSA) is 6.48 Å². The zero-order valence-electron chi connectivity index (χ0n) is 13.0. The Kier molecular flexibility index (Phi) is 4.42. The summed E-state index contributed by atoms with van der Waals surface area (Å²) in [4.78, 5) is 5.17. The van der Waals surface area contributed by atoms with Crippen molar-refractivity contribution in [3.05, 3.63) is 60.2 Å². The summed E-state index contributed by atoms with van der Waals surface area (Å²) in [5, 5.41) is 0. The van der Waals surface area contributed by atoms with Gasteiger partial charge in [0.2, 0.25) is 0 Å². The Morgan fingerprint density at radius 1 is 1.00 bits per heavy atom. The van der Waals surface area contributed by atoms with Crippen LogP contribution in [0.3, 0.4) is 0 Å². The third-order valence-corrected chi connectivity index (χ3v) is 5.07. The molecule has 3 heteroatoms. The highest BCUT2D eigenvalue weighted by Gasteiger charge is 2.41. The van der Waals surface area contributed by atoms with Gasteiger partial charge in [-0.2, -0.15) is 0 Å². The molecule has 2 aromatic carbocycles. The average Bonchev–Trinajstić information content (AvgIpc) is 2.89. The molecule has 22 heavy (non-hydrogen) atoms. The third-order valence-electron chi connectivity index (χ3n) is 5.07. The molecule has 2 aliphatic rings. The average molecular weight is 315 g/mol. The van der Waals surface area contributed by atoms with Gasteiger partial charge in [0.1, 0.15) is 0 Å². The highest BCUT2D eigenvalue weighted by molar-refractivity contribution is 5.85. The molecule has 0 unspecified atom stereocenters. The van der Waals surface area contributed by atoms with Crippen LogP contribution in [0.1, 0.15) is 24.8 Å². The van der Waals surface area contributed by atoms with Crippen LogP contribution in [0.4, 0.5) is 11.4 Å².